The minimum absolute atomic E-state index is 0.144. The Kier molecular flexibility index (Phi) is 4.90. The van der Waals surface area contributed by atoms with Gasteiger partial charge in [-0.25, -0.2) is 0 Å². The molecule has 2 N–H and O–H groups in total. The van der Waals surface area contributed by atoms with E-state index in [-0.39, 0.29) is 12.0 Å². The van der Waals surface area contributed by atoms with Crippen LogP contribution in [-0.4, -0.2) is 23.2 Å². The summed E-state index contributed by atoms with van der Waals surface area (Å²) in [5, 5.41) is 12.3. The smallest absolute Gasteiger partial charge is 0.0436 e. The number of aliphatic hydroxyl groups is 1. The first kappa shape index (κ1) is 13.1. The molecule has 0 aliphatic rings. The van der Waals surface area contributed by atoms with E-state index in [1.165, 1.54) is 5.56 Å². The van der Waals surface area contributed by atoms with Crippen molar-refractivity contribution in [2.24, 2.45) is 5.41 Å². The van der Waals surface area contributed by atoms with Gasteiger partial charge in [-0.3, -0.25) is 4.98 Å². The molecule has 0 fully saturated rings. The minimum Gasteiger partial charge on any atom is -0.396 e. The Balaban J connectivity index is 2.39. The highest BCUT2D eigenvalue weighted by molar-refractivity contribution is 5.17. The normalized spacial score (nSPS) is 11.8. The number of hydrogen-bond acceptors (Lipinski definition) is 3. The van der Waals surface area contributed by atoms with E-state index in [2.05, 4.69) is 30.2 Å². The number of pyridine rings is 1. The van der Waals surface area contributed by atoms with Gasteiger partial charge in [-0.05, 0) is 30.4 Å². The summed E-state index contributed by atoms with van der Waals surface area (Å²) in [5.74, 6) is 0. The van der Waals surface area contributed by atoms with Crippen molar-refractivity contribution >= 4 is 0 Å². The van der Waals surface area contributed by atoms with Crippen molar-refractivity contribution in [3.8, 4) is 0 Å². The molecule has 0 atom stereocenters. The van der Waals surface area contributed by atoms with Crippen molar-refractivity contribution in [3.63, 3.8) is 0 Å². The standard InChI is InChI=1S/C13H22N2O/c1-11-12(5-4-7-15-11)9-14-10-13(2,3)6-8-16/h4-5,7,14,16H,6,8-10H2,1-3H3. The van der Waals surface area contributed by atoms with Crippen molar-refractivity contribution in [2.45, 2.75) is 33.7 Å². The fourth-order valence-electron chi connectivity index (χ4n) is 1.63. The summed E-state index contributed by atoms with van der Waals surface area (Å²) in [5.41, 5.74) is 2.46. The third kappa shape index (κ3) is 4.29. The van der Waals surface area contributed by atoms with Crippen LogP contribution in [0.25, 0.3) is 0 Å². The number of rotatable bonds is 6. The van der Waals surface area contributed by atoms with E-state index < -0.39 is 0 Å². The van der Waals surface area contributed by atoms with Crippen molar-refractivity contribution in [1.29, 1.82) is 0 Å². The Morgan fingerprint density at radius 3 is 2.81 bits per heavy atom. The lowest BCUT2D eigenvalue weighted by Gasteiger charge is -2.24. The zero-order valence-corrected chi connectivity index (χ0v) is 10.5. The second-order valence-corrected chi connectivity index (χ2v) is 4.99. The molecule has 0 amide bonds. The molecular weight excluding hydrogens is 200 g/mol. The second-order valence-electron chi connectivity index (χ2n) is 4.99. The number of nitrogens with zero attached hydrogens (tertiary/aromatic N) is 1. The van der Waals surface area contributed by atoms with Gasteiger partial charge in [0.25, 0.3) is 0 Å². The molecule has 0 spiro atoms. The Hall–Kier alpha value is -0.930. The first-order valence-electron chi connectivity index (χ1n) is 5.77. The molecule has 1 aromatic heterocycles. The highest BCUT2D eigenvalue weighted by Crippen LogP contribution is 2.18. The van der Waals surface area contributed by atoms with Crippen LogP contribution >= 0.6 is 0 Å². The first-order chi connectivity index (χ1) is 7.55. The number of nitrogens with one attached hydrogen (secondary N) is 1. The fourth-order valence-corrected chi connectivity index (χ4v) is 1.63. The van der Waals surface area contributed by atoms with Gasteiger partial charge < -0.3 is 10.4 Å². The zero-order valence-electron chi connectivity index (χ0n) is 10.5. The molecule has 3 nitrogen and oxygen atoms in total. The number of aliphatic hydroxyl groups excluding tert-OH is 1. The summed E-state index contributed by atoms with van der Waals surface area (Å²) >= 11 is 0. The largest absolute Gasteiger partial charge is 0.396 e. The monoisotopic (exact) mass is 222 g/mol. The number of aromatic nitrogens is 1. The summed E-state index contributed by atoms with van der Waals surface area (Å²) in [6, 6.07) is 4.05. The van der Waals surface area contributed by atoms with Crippen molar-refractivity contribution in [2.75, 3.05) is 13.2 Å². The van der Waals surface area contributed by atoms with Gasteiger partial charge >= 0.3 is 0 Å². The van der Waals surface area contributed by atoms with Crippen LogP contribution in [0.3, 0.4) is 0 Å². The lowest BCUT2D eigenvalue weighted by molar-refractivity contribution is 0.207. The molecule has 0 aromatic carbocycles. The van der Waals surface area contributed by atoms with Crippen LogP contribution in [0, 0.1) is 12.3 Å². The maximum atomic E-state index is 8.92. The Morgan fingerprint density at radius 1 is 1.44 bits per heavy atom. The zero-order chi connectivity index (χ0) is 12.0. The lowest BCUT2D eigenvalue weighted by Crippen LogP contribution is -2.30. The third-order valence-corrected chi connectivity index (χ3v) is 2.82. The van der Waals surface area contributed by atoms with Gasteiger partial charge in [0.2, 0.25) is 0 Å². The Bertz CT molecular complexity index is 323. The van der Waals surface area contributed by atoms with Crippen LogP contribution < -0.4 is 5.32 Å². The highest BCUT2D eigenvalue weighted by Gasteiger charge is 2.16. The van der Waals surface area contributed by atoms with Crippen LogP contribution in [0.1, 0.15) is 31.5 Å². The molecule has 16 heavy (non-hydrogen) atoms. The minimum atomic E-state index is 0.144. The quantitative estimate of drug-likeness (QED) is 0.772. The maximum absolute atomic E-state index is 8.92. The molecule has 0 bridgehead atoms. The summed E-state index contributed by atoms with van der Waals surface area (Å²) in [6.45, 7) is 8.34. The highest BCUT2D eigenvalue weighted by atomic mass is 16.3. The average Bonchev–Trinajstić information content (AvgIpc) is 2.20. The maximum Gasteiger partial charge on any atom is 0.0436 e. The van der Waals surface area contributed by atoms with Crippen molar-refractivity contribution < 1.29 is 5.11 Å². The predicted molar refractivity (Wildman–Crippen MR) is 66.2 cm³/mol. The van der Waals surface area contributed by atoms with E-state index in [4.69, 9.17) is 5.11 Å². The molecule has 90 valence electrons. The van der Waals surface area contributed by atoms with Crippen LogP contribution in [-0.2, 0) is 6.54 Å². The van der Waals surface area contributed by atoms with Gasteiger partial charge in [-0.2, -0.15) is 0 Å². The van der Waals surface area contributed by atoms with Crippen LogP contribution in [0.15, 0.2) is 18.3 Å². The number of aryl methyl sites for hydroxylation is 1. The molecule has 0 aliphatic heterocycles. The van der Waals surface area contributed by atoms with E-state index in [0.717, 1.165) is 25.2 Å². The van der Waals surface area contributed by atoms with Crippen molar-refractivity contribution in [1.82, 2.24) is 10.3 Å². The summed E-state index contributed by atoms with van der Waals surface area (Å²) < 4.78 is 0. The van der Waals surface area contributed by atoms with Gasteiger partial charge in [0.05, 0.1) is 0 Å². The third-order valence-electron chi connectivity index (χ3n) is 2.82. The van der Waals surface area contributed by atoms with Crippen molar-refractivity contribution in [3.05, 3.63) is 29.6 Å². The summed E-state index contributed by atoms with van der Waals surface area (Å²) in [6.07, 6.45) is 2.64. The van der Waals surface area contributed by atoms with E-state index in [9.17, 15) is 0 Å². The van der Waals surface area contributed by atoms with Gasteiger partial charge in [0.15, 0.2) is 0 Å². The molecule has 1 heterocycles. The lowest BCUT2D eigenvalue weighted by atomic mass is 9.90. The molecule has 1 aromatic rings. The Morgan fingerprint density at radius 2 is 2.19 bits per heavy atom. The topological polar surface area (TPSA) is 45.2 Å². The molecular formula is C13H22N2O. The average molecular weight is 222 g/mol. The summed E-state index contributed by atoms with van der Waals surface area (Å²) in [4.78, 5) is 4.25. The molecule has 3 heteroatoms. The van der Waals surface area contributed by atoms with Crippen LogP contribution in [0.2, 0.25) is 0 Å². The molecule has 0 aliphatic carbocycles. The van der Waals surface area contributed by atoms with Gasteiger partial charge in [-0.1, -0.05) is 19.9 Å². The van der Waals surface area contributed by atoms with E-state index in [0.29, 0.717) is 0 Å². The fraction of sp³-hybridized carbons (Fsp3) is 0.615. The van der Waals surface area contributed by atoms with Crippen LogP contribution in [0.4, 0.5) is 0 Å². The summed E-state index contributed by atoms with van der Waals surface area (Å²) in [7, 11) is 0. The molecule has 0 saturated heterocycles. The van der Waals surface area contributed by atoms with Gasteiger partial charge in [0, 0.05) is 31.6 Å². The Labute approximate surface area is 97.9 Å². The molecule has 0 radical (unpaired) electrons. The number of hydrogen-bond donors (Lipinski definition) is 2. The molecule has 1 rings (SSSR count). The predicted octanol–water partition coefficient (Wildman–Crippen LogP) is 1.89. The van der Waals surface area contributed by atoms with E-state index in [1.54, 1.807) is 0 Å². The SMILES string of the molecule is Cc1ncccc1CNCC(C)(C)CCO. The van der Waals surface area contributed by atoms with Gasteiger partial charge in [-0.15, -0.1) is 0 Å². The second kappa shape index (κ2) is 5.97. The molecule has 0 saturated carbocycles. The first-order valence-corrected chi connectivity index (χ1v) is 5.77. The molecule has 0 unspecified atom stereocenters. The van der Waals surface area contributed by atoms with Gasteiger partial charge in [0.1, 0.15) is 0 Å². The van der Waals surface area contributed by atoms with Crippen LogP contribution in [0.5, 0.6) is 0 Å². The van der Waals surface area contributed by atoms with E-state index >= 15 is 0 Å². The van der Waals surface area contributed by atoms with E-state index in [1.807, 2.05) is 19.2 Å².